The average molecular weight is 450 g/mol. The van der Waals surface area contributed by atoms with Gasteiger partial charge in [0.15, 0.2) is 0 Å². The van der Waals surface area contributed by atoms with Gasteiger partial charge in [-0.05, 0) is 30.3 Å². The Morgan fingerprint density at radius 3 is 2.35 bits per heavy atom. The van der Waals surface area contributed by atoms with Crippen LogP contribution in [0.25, 0.3) is 0 Å². The predicted molar refractivity (Wildman–Crippen MR) is 114 cm³/mol. The third kappa shape index (κ3) is 6.97. The molecular weight excluding hydrogens is 428 g/mol. The molecule has 0 saturated heterocycles. The minimum absolute atomic E-state index is 0.00958. The molecule has 0 spiro atoms. The normalized spacial score (nSPS) is 11.4. The van der Waals surface area contributed by atoms with Crippen LogP contribution in [0.4, 0.5) is 16.2 Å². The first-order valence-electron chi connectivity index (χ1n) is 8.80. The summed E-state index contributed by atoms with van der Waals surface area (Å²) < 4.78 is 40.3. The molecule has 0 atom stereocenters. The van der Waals surface area contributed by atoms with Crippen LogP contribution in [0.5, 0.6) is 5.75 Å². The fraction of sp³-hybridized carbons (Fsp3) is 0.211. The second-order valence-corrected chi connectivity index (χ2v) is 7.37. The molecule has 2 aromatic carbocycles. The molecule has 12 heteroatoms. The minimum atomic E-state index is -4.34. The third-order valence-electron chi connectivity index (χ3n) is 3.64. The van der Waals surface area contributed by atoms with E-state index in [4.69, 9.17) is 8.92 Å². The number of ether oxygens (including phenoxy) is 2. The number of nitrogens with one attached hydrogen (secondary N) is 3. The largest absolute Gasteiger partial charge is 0.453 e. The topological polar surface area (TPSA) is 144 Å². The molecule has 0 aliphatic carbocycles. The third-order valence-corrected chi connectivity index (χ3v) is 4.93. The van der Waals surface area contributed by atoms with Gasteiger partial charge >= 0.3 is 16.2 Å². The Morgan fingerprint density at radius 1 is 1.03 bits per heavy atom. The molecule has 0 bridgehead atoms. The summed E-state index contributed by atoms with van der Waals surface area (Å²) in [6.45, 7) is -0.269. The highest BCUT2D eigenvalue weighted by molar-refractivity contribution is 7.87. The summed E-state index contributed by atoms with van der Waals surface area (Å²) in [5, 5.41) is 7.56. The van der Waals surface area contributed by atoms with Gasteiger partial charge in [-0.1, -0.05) is 18.2 Å². The Kier molecular flexibility index (Phi) is 8.34. The van der Waals surface area contributed by atoms with Gasteiger partial charge in [0, 0.05) is 19.8 Å². The van der Waals surface area contributed by atoms with Gasteiger partial charge in [0.2, 0.25) is 11.9 Å². The number of carbonyl (C=O) groups excluding carboxylic acids is 2. The number of hydrogen-bond acceptors (Lipinski definition) is 8. The van der Waals surface area contributed by atoms with E-state index >= 15 is 0 Å². The van der Waals surface area contributed by atoms with E-state index in [0.717, 1.165) is 0 Å². The second kappa shape index (κ2) is 10.9. The van der Waals surface area contributed by atoms with Gasteiger partial charge in [0.05, 0.1) is 12.8 Å². The van der Waals surface area contributed by atoms with Gasteiger partial charge in [-0.25, -0.2) is 4.79 Å². The number of amides is 2. The lowest BCUT2D eigenvalue weighted by atomic mass is 10.2. The summed E-state index contributed by atoms with van der Waals surface area (Å²) >= 11 is 0. The summed E-state index contributed by atoms with van der Waals surface area (Å²) in [5.74, 6) is -0.448. The van der Waals surface area contributed by atoms with Crippen molar-refractivity contribution >= 4 is 39.5 Å². The number of benzene rings is 2. The van der Waals surface area contributed by atoms with Crippen molar-refractivity contribution in [3.05, 3.63) is 48.5 Å². The summed E-state index contributed by atoms with van der Waals surface area (Å²) in [7, 11) is -0.412. The maximum Gasteiger partial charge on any atom is 0.413 e. The lowest BCUT2D eigenvalue weighted by Crippen LogP contribution is -2.35. The molecule has 11 nitrogen and oxygen atoms in total. The van der Waals surface area contributed by atoms with Crippen molar-refractivity contribution in [1.82, 2.24) is 5.32 Å². The standard InChI is InChI=1S/C19H22N4O7S/c1-20-18(23-19(25)29-3)21-13-9-10-15(22-17(24)12-28-2)16(11-13)31(26,27)30-14-7-5-4-6-8-14/h4-11H,12H2,1-3H3,(H,22,24)(H2,20,21,23,25). The number of rotatable bonds is 7. The highest BCUT2D eigenvalue weighted by Gasteiger charge is 2.23. The van der Waals surface area contributed by atoms with Crippen LogP contribution in [0, 0.1) is 0 Å². The molecule has 0 saturated carbocycles. The molecule has 2 rings (SSSR count). The Balaban J connectivity index is 2.41. The number of methoxy groups -OCH3 is 2. The van der Waals surface area contributed by atoms with Crippen molar-refractivity contribution in [1.29, 1.82) is 0 Å². The maximum atomic E-state index is 12.9. The quantitative estimate of drug-likeness (QED) is 0.329. The Bertz CT molecular complexity index is 1060. The van der Waals surface area contributed by atoms with E-state index in [2.05, 4.69) is 25.7 Å². The molecule has 0 heterocycles. The first-order chi connectivity index (χ1) is 14.8. The molecule has 166 valence electrons. The number of hydrogen-bond donors (Lipinski definition) is 3. The number of nitrogens with zero attached hydrogens (tertiary/aromatic N) is 1. The van der Waals surface area contributed by atoms with Gasteiger partial charge < -0.3 is 24.3 Å². The molecule has 0 radical (unpaired) electrons. The van der Waals surface area contributed by atoms with Gasteiger partial charge in [-0.3, -0.25) is 15.1 Å². The fourth-order valence-electron chi connectivity index (χ4n) is 2.30. The van der Waals surface area contributed by atoms with Gasteiger partial charge in [-0.2, -0.15) is 8.42 Å². The molecule has 2 amide bonds. The van der Waals surface area contributed by atoms with E-state index in [9.17, 15) is 18.0 Å². The van der Waals surface area contributed by atoms with E-state index in [-0.39, 0.29) is 34.6 Å². The summed E-state index contributed by atoms with van der Waals surface area (Å²) in [6.07, 6.45) is -0.767. The van der Waals surface area contributed by atoms with Crippen LogP contribution in [-0.2, 0) is 24.4 Å². The molecule has 0 aliphatic rings. The Hall–Kier alpha value is -3.64. The number of guanidine groups is 1. The second-order valence-electron chi connectivity index (χ2n) is 5.86. The summed E-state index contributed by atoms with van der Waals surface area (Å²) in [4.78, 5) is 26.9. The SMILES string of the molecule is CN=C(NC(=O)OC)Nc1ccc(NC(=O)COC)c(S(=O)(=O)Oc2ccccc2)c1. The molecule has 2 aromatic rings. The summed E-state index contributed by atoms with van der Waals surface area (Å²) in [5.41, 5.74) is 0.233. The van der Waals surface area contributed by atoms with Crippen molar-refractivity contribution in [3.63, 3.8) is 0 Å². The Morgan fingerprint density at radius 2 is 1.74 bits per heavy atom. The zero-order valence-electron chi connectivity index (χ0n) is 17.0. The van der Waals surface area contributed by atoms with Gasteiger partial charge in [0.1, 0.15) is 17.3 Å². The van der Waals surface area contributed by atoms with E-state index < -0.39 is 22.1 Å². The predicted octanol–water partition coefficient (Wildman–Crippen LogP) is 1.79. The van der Waals surface area contributed by atoms with E-state index in [1.807, 2.05) is 0 Å². The van der Waals surface area contributed by atoms with Crippen molar-refractivity contribution in [2.24, 2.45) is 4.99 Å². The number of carbonyl (C=O) groups is 2. The maximum absolute atomic E-state index is 12.9. The van der Waals surface area contributed by atoms with Crippen molar-refractivity contribution < 1.29 is 31.7 Å². The number of alkyl carbamates (subject to hydrolysis) is 1. The number of aliphatic imine (C=N–C) groups is 1. The Labute approximate surface area is 179 Å². The highest BCUT2D eigenvalue weighted by atomic mass is 32.2. The van der Waals surface area contributed by atoms with Crippen LogP contribution in [0.1, 0.15) is 0 Å². The first-order valence-corrected chi connectivity index (χ1v) is 10.2. The average Bonchev–Trinajstić information content (AvgIpc) is 2.74. The molecule has 0 aliphatic heterocycles. The van der Waals surface area contributed by atoms with E-state index in [1.54, 1.807) is 18.2 Å². The monoisotopic (exact) mass is 450 g/mol. The lowest BCUT2D eigenvalue weighted by Gasteiger charge is -2.15. The molecule has 0 aromatic heterocycles. The minimum Gasteiger partial charge on any atom is -0.453 e. The van der Waals surface area contributed by atoms with Crippen LogP contribution in [0.2, 0.25) is 0 Å². The zero-order chi connectivity index (χ0) is 22.9. The molecule has 31 heavy (non-hydrogen) atoms. The van der Waals surface area contributed by atoms with E-state index in [0.29, 0.717) is 0 Å². The van der Waals surface area contributed by atoms with Crippen molar-refractivity contribution in [2.45, 2.75) is 4.90 Å². The number of anilines is 2. The first kappa shape index (κ1) is 23.6. The van der Waals surface area contributed by atoms with Crippen LogP contribution < -0.4 is 20.1 Å². The summed E-state index contributed by atoms with van der Waals surface area (Å²) in [6, 6.07) is 12.0. The van der Waals surface area contributed by atoms with Crippen molar-refractivity contribution in [3.8, 4) is 5.75 Å². The van der Waals surface area contributed by atoms with Gasteiger partial charge in [0.25, 0.3) is 0 Å². The number of para-hydroxylation sites is 1. The van der Waals surface area contributed by atoms with Crippen molar-refractivity contribution in [2.75, 3.05) is 38.5 Å². The lowest BCUT2D eigenvalue weighted by molar-refractivity contribution is -0.119. The molecule has 3 N–H and O–H groups in total. The molecule has 0 fully saturated rings. The molecular formula is C19H22N4O7S. The van der Waals surface area contributed by atoms with Gasteiger partial charge in [-0.15, -0.1) is 0 Å². The van der Waals surface area contributed by atoms with Crippen LogP contribution in [-0.4, -0.2) is 54.3 Å². The zero-order valence-corrected chi connectivity index (χ0v) is 17.9. The molecule has 0 unspecified atom stereocenters. The highest BCUT2D eigenvalue weighted by Crippen LogP contribution is 2.28. The van der Waals surface area contributed by atoms with Crippen LogP contribution >= 0.6 is 0 Å². The van der Waals surface area contributed by atoms with Crippen LogP contribution in [0.3, 0.4) is 0 Å². The fourth-order valence-corrected chi connectivity index (χ4v) is 3.42. The smallest absolute Gasteiger partial charge is 0.413 e. The van der Waals surface area contributed by atoms with E-state index in [1.165, 1.54) is 51.6 Å². The van der Waals surface area contributed by atoms with Crippen LogP contribution in [0.15, 0.2) is 58.4 Å².